The van der Waals surface area contributed by atoms with Crippen LogP contribution in [0.4, 0.5) is 0 Å². The van der Waals surface area contributed by atoms with E-state index in [4.69, 9.17) is 9.47 Å². The SMILES string of the molecule is C.COCCOCCCC(C)(C)C. The zero-order chi connectivity index (χ0) is 9.45. The lowest BCUT2D eigenvalue weighted by Gasteiger charge is -2.17. The number of methoxy groups -OCH3 is 1. The van der Waals surface area contributed by atoms with E-state index in [-0.39, 0.29) is 7.43 Å². The van der Waals surface area contributed by atoms with Crippen LogP contribution in [0.3, 0.4) is 0 Å². The van der Waals surface area contributed by atoms with Crippen LogP contribution in [0, 0.1) is 5.41 Å². The lowest BCUT2D eigenvalue weighted by Crippen LogP contribution is -2.08. The van der Waals surface area contributed by atoms with Crippen LogP contribution in [0.1, 0.15) is 41.0 Å². The Morgan fingerprint density at radius 1 is 1.00 bits per heavy atom. The van der Waals surface area contributed by atoms with E-state index in [1.807, 2.05) is 0 Å². The Morgan fingerprint density at radius 3 is 2.08 bits per heavy atom. The molecule has 0 atom stereocenters. The van der Waals surface area contributed by atoms with Crippen LogP contribution in [0.2, 0.25) is 0 Å². The van der Waals surface area contributed by atoms with Crippen molar-refractivity contribution >= 4 is 0 Å². The fourth-order valence-electron chi connectivity index (χ4n) is 0.949. The molecule has 0 bridgehead atoms. The first-order valence-electron chi connectivity index (χ1n) is 4.63. The van der Waals surface area contributed by atoms with Gasteiger partial charge in [-0.1, -0.05) is 28.2 Å². The minimum Gasteiger partial charge on any atom is -0.382 e. The summed E-state index contributed by atoms with van der Waals surface area (Å²) >= 11 is 0. The first-order valence-corrected chi connectivity index (χ1v) is 4.63. The molecule has 0 saturated carbocycles. The number of hydrogen-bond donors (Lipinski definition) is 0. The first-order chi connectivity index (χ1) is 5.56. The third kappa shape index (κ3) is 14.7. The topological polar surface area (TPSA) is 18.5 Å². The summed E-state index contributed by atoms with van der Waals surface area (Å²) in [6, 6.07) is 0. The highest BCUT2D eigenvalue weighted by molar-refractivity contribution is 4.60. The molecule has 0 aromatic carbocycles. The van der Waals surface area contributed by atoms with E-state index in [0.717, 1.165) is 19.6 Å². The summed E-state index contributed by atoms with van der Waals surface area (Å²) in [5.74, 6) is 0. The average molecular weight is 190 g/mol. The van der Waals surface area contributed by atoms with Gasteiger partial charge in [-0.05, 0) is 18.3 Å². The molecule has 0 aromatic heterocycles. The Bertz CT molecular complexity index is 94.8. The van der Waals surface area contributed by atoms with Gasteiger partial charge in [0.15, 0.2) is 0 Å². The van der Waals surface area contributed by atoms with Crippen molar-refractivity contribution in [3.63, 3.8) is 0 Å². The Morgan fingerprint density at radius 2 is 1.62 bits per heavy atom. The Balaban J connectivity index is 0. The summed E-state index contributed by atoms with van der Waals surface area (Å²) in [6.45, 7) is 9.04. The molecule has 0 N–H and O–H groups in total. The molecule has 0 aromatic rings. The van der Waals surface area contributed by atoms with Crippen molar-refractivity contribution in [3.8, 4) is 0 Å². The number of hydrogen-bond acceptors (Lipinski definition) is 2. The molecule has 0 unspecified atom stereocenters. The lowest BCUT2D eigenvalue weighted by molar-refractivity contribution is 0.0655. The predicted octanol–water partition coefficient (Wildman–Crippen LogP) is 3.11. The first kappa shape index (κ1) is 15.4. The molecule has 0 rings (SSSR count). The van der Waals surface area contributed by atoms with Crippen molar-refractivity contribution in [1.82, 2.24) is 0 Å². The zero-order valence-electron chi connectivity index (χ0n) is 8.85. The molecule has 2 nitrogen and oxygen atoms in total. The smallest absolute Gasteiger partial charge is 0.0700 e. The number of ether oxygens (including phenoxy) is 2. The maximum absolute atomic E-state index is 5.34. The van der Waals surface area contributed by atoms with Crippen molar-refractivity contribution in [2.75, 3.05) is 26.9 Å². The van der Waals surface area contributed by atoms with Crippen LogP contribution in [0.25, 0.3) is 0 Å². The molecular formula is C11H26O2. The molecule has 13 heavy (non-hydrogen) atoms. The van der Waals surface area contributed by atoms with Gasteiger partial charge in [0.1, 0.15) is 0 Å². The second-order valence-electron chi connectivity index (χ2n) is 4.27. The standard InChI is InChI=1S/C10H22O2.CH4/c1-10(2,3)6-5-7-12-9-8-11-4;/h5-9H2,1-4H3;1H4. The van der Waals surface area contributed by atoms with E-state index in [1.54, 1.807) is 7.11 Å². The third-order valence-corrected chi connectivity index (χ3v) is 1.65. The van der Waals surface area contributed by atoms with Gasteiger partial charge in [-0.2, -0.15) is 0 Å². The van der Waals surface area contributed by atoms with Gasteiger partial charge in [0.25, 0.3) is 0 Å². The summed E-state index contributed by atoms with van der Waals surface area (Å²) in [4.78, 5) is 0. The summed E-state index contributed by atoms with van der Waals surface area (Å²) in [5, 5.41) is 0. The summed E-state index contributed by atoms with van der Waals surface area (Å²) in [7, 11) is 1.69. The van der Waals surface area contributed by atoms with Crippen LogP contribution in [0.15, 0.2) is 0 Å². The van der Waals surface area contributed by atoms with Gasteiger partial charge in [0.2, 0.25) is 0 Å². The second kappa shape index (κ2) is 8.52. The molecule has 0 aliphatic heterocycles. The second-order valence-corrected chi connectivity index (χ2v) is 4.27. The van der Waals surface area contributed by atoms with Crippen molar-refractivity contribution in [2.45, 2.75) is 41.0 Å². The minimum atomic E-state index is 0. The van der Waals surface area contributed by atoms with Crippen LogP contribution in [-0.2, 0) is 9.47 Å². The molecule has 0 amide bonds. The Kier molecular flexibility index (Phi) is 10.1. The Labute approximate surface area is 83.6 Å². The third-order valence-electron chi connectivity index (χ3n) is 1.65. The monoisotopic (exact) mass is 190 g/mol. The van der Waals surface area contributed by atoms with Crippen molar-refractivity contribution in [1.29, 1.82) is 0 Å². The van der Waals surface area contributed by atoms with Gasteiger partial charge in [-0.25, -0.2) is 0 Å². The maximum Gasteiger partial charge on any atom is 0.0700 e. The van der Waals surface area contributed by atoms with Gasteiger partial charge in [-0.3, -0.25) is 0 Å². The predicted molar refractivity (Wildman–Crippen MR) is 58.1 cm³/mol. The van der Waals surface area contributed by atoms with Gasteiger partial charge in [-0.15, -0.1) is 0 Å². The maximum atomic E-state index is 5.34. The molecule has 0 fully saturated rings. The van der Waals surface area contributed by atoms with E-state index in [9.17, 15) is 0 Å². The summed E-state index contributed by atoms with van der Waals surface area (Å²) < 4.78 is 10.2. The highest BCUT2D eigenvalue weighted by Crippen LogP contribution is 2.20. The molecule has 0 radical (unpaired) electrons. The van der Waals surface area contributed by atoms with Crippen LogP contribution in [0.5, 0.6) is 0 Å². The fourth-order valence-corrected chi connectivity index (χ4v) is 0.949. The van der Waals surface area contributed by atoms with Gasteiger partial charge in [0, 0.05) is 13.7 Å². The molecule has 0 spiro atoms. The van der Waals surface area contributed by atoms with Crippen LogP contribution in [-0.4, -0.2) is 26.9 Å². The lowest BCUT2D eigenvalue weighted by atomic mass is 9.91. The zero-order valence-corrected chi connectivity index (χ0v) is 8.85. The van der Waals surface area contributed by atoms with Crippen LogP contribution < -0.4 is 0 Å². The molecule has 0 aliphatic rings. The van der Waals surface area contributed by atoms with Gasteiger partial charge in [0.05, 0.1) is 13.2 Å². The quantitative estimate of drug-likeness (QED) is 0.599. The molecule has 82 valence electrons. The van der Waals surface area contributed by atoms with Crippen molar-refractivity contribution in [3.05, 3.63) is 0 Å². The van der Waals surface area contributed by atoms with E-state index in [0.29, 0.717) is 12.0 Å². The molecule has 0 aliphatic carbocycles. The van der Waals surface area contributed by atoms with Crippen molar-refractivity contribution in [2.24, 2.45) is 5.41 Å². The molecule has 2 heteroatoms. The van der Waals surface area contributed by atoms with E-state index >= 15 is 0 Å². The van der Waals surface area contributed by atoms with E-state index < -0.39 is 0 Å². The molecule has 0 saturated heterocycles. The number of rotatable bonds is 6. The highest BCUT2D eigenvalue weighted by atomic mass is 16.5. The van der Waals surface area contributed by atoms with E-state index in [1.165, 1.54) is 6.42 Å². The summed E-state index contributed by atoms with van der Waals surface area (Å²) in [5.41, 5.74) is 0.435. The Hall–Kier alpha value is -0.0800. The van der Waals surface area contributed by atoms with Crippen LogP contribution >= 0.6 is 0 Å². The van der Waals surface area contributed by atoms with Gasteiger partial charge < -0.3 is 9.47 Å². The largest absolute Gasteiger partial charge is 0.382 e. The minimum absolute atomic E-state index is 0. The average Bonchev–Trinajstić information content (AvgIpc) is 1.94. The molecule has 0 heterocycles. The summed E-state index contributed by atoms with van der Waals surface area (Å²) in [6.07, 6.45) is 2.37. The van der Waals surface area contributed by atoms with E-state index in [2.05, 4.69) is 20.8 Å². The van der Waals surface area contributed by atoms with Crippen molar-refractivity contribution < 1.29 is 9.47 Å². The molecular weight excluding hydrogens is 164 g/mol. The highest BCUT2D eigenvalue weighted by Gasteiger charge is 2.08. The van der Waals surface area contributed by atoms with Gasteiger partial charge >= 0.3 is 0 Å². The normalized spacial score (nSPS) is 11.1. The fraction of sp³-hybridized carbons (Fsp3) is 1.00.